The van der Waals surface area contributed by atoms with Crippen LogP contribution in [0.2, 0.25) is 0 Å². The third kappa shape index (κ3) is 4.74. The monoisotopic (exact) mass is 538 g/mol. The normalized spacial score (nSPS) is 19.5. The average molecular weight is 539 g/mol. The van der Waals surface area contributed by atoms with Crippen LogP contribution in [0.1, 0.15) is 29.5 Å². The Hall–Kier alpha value is -4.23. The summed E-state index contributed by atoms with van der Waals surface area (Å²) in [6.45, 7) is 0. The molecule has 2 aliphatic rings. The van der Waals surface area contributed by atoms with Crippen LogP contribution in [0.15, 0.2) is 108 Å². The minimum atomic E-state index is -3.77. The van der Waals surface area contributed by atoms with E-state index in [-0.39, 0.29) is 22.8 Å². The summed E-state index contributed by atoms with van der Waals surface area (Å²) in [4.78, 5) is 0.249. The van der Waals surface area contributed by atoms with Crippen molar-refractivity contribution in [1.29, 1.82) is 0 Å². The number of benzene rings is 4. The minimum absolute atomic E-state index is 0.0565. The van der Waals surface area contributed by atoms with E-state index < -0.39 is 10.0 Å². The molecule has 0 unspecified atom stereocenters. The maximum atomic E-state index is 13.4. The maximum absolute atomic E-state index is 13.4. The molecule has 0 saturated carbocycles. The van der Waals surface area contributed by atoms with E-state index in [2.05, 4.69) is 28.3 Å². The van der Waals surface area contributed by atoms with Crippen molar-refractivity contribution in [2.45, 2.75) is 23.3 Å². The fourth-order valence-corrected chi connectivity index (χ4v) is 6.78. The van der Waals surface area contributed by atoms with Crippen molar-refractivity contribution < 1.29 is 17.9 Å². The topological polar surface area (TPSA) is 76.7 Å². The zero-order valence-electron chi connectivity index (χ0n) is 21.8. The summed E-state index contributed by atoms with van der Waals surface area (Å²) in [6, 6.07) is 28.8. The second-order valence-corrected chi connectivity index (χ2v) is 11.6. The van der Waals surface area contributed by atoms with Gasteiger partial charge in [-0.25, -0.2) is 8.42 Å². The fraction of sp³-hybridized carbons (Fsp3) is 0.188. The molecule has 0 aromatic heterocycles. The van der Waals surface area contributed by atoms with Crippen molar-refractivity contribution in [2.75, 3.05) is 24.3 Å². The fourth-order valence-electron chi connectivity index (χ4n) is 5.69. The summed E-state index contributed by atoms with van der Waals surface area (Å²) < 4.78 is 40.4. The van der Waals surface area contributed by atoms with Crippen LogP contribution in [0, 0.1) is 5.92 Å². The average Bonchev–Trinajstić information content (AvgIpc) is 3.47. The number of rotatable bonds is 7. The van der Waals surface area contributed by atoms with E-state index in [4.69, 9.17) is 9.47 Å². The van der Waals surface area contributed by atoms with Crippen molar-refractivity contribution in [3.8, 4) is 22.6 Å². The first-order valence-corrected chi connectivity index (χ1v) is 14.4. The van der Waals surface area contributed by atoms with Gasteiger partial charge in [-0.3, -0.25) is 4.72 Å². The number of sulfonamides is 1. The molecule has 6 nitrogen and oxygen atoms in total. The van der Waals surface area contributed by atoms with Gasteiger partial charge in [0.1, 0.15) is 0 Å². The summed E-state index contributed by atoms with van der Waals surface area (Å²) in [5.41, 5.74) is 5.68. The summed E-state index contributed by atoms with van der Waals surface area (Å²) in [7, 11) is -0.501. The predicted octanol–water partition coefficient (Wildman–Crippen LogP) is 7.00. The third-order valence-corrected chi connectivity index (χ3v) is 9.03. The number of hydrogen-bond acceptors (Lipinski definition) is 5. The highest BCUT2D eigenvalue weighted by atomic mass is 32.2. The van der Waals surface area contributed by atoms with Crippen LogP contribution < -0.4 is 19.5 Å². The summed E-state index contributed by atoms with van der Waals surface area (Å²) in [6.07, 6.45) is 5.29. The zero-order valence-corrected chi connectivity index (χ0v) is 22.6. The van der Waals surface area contributed by atoms with Crippen molar-refractivity contribution in [3.63, 3.8) is 0 Å². The Morgan fingerprint density at radius 3 is 2.31 bits per heavy atom. The van der Waals surface area contributed by atoms with Gasteiger partial charge in [0.25, 0.3) is 10.0 Å². The van der Waals surface area contributed by atoms with Gasteiger partial charge in [0.15, 0.2) is 11.5 Å². The SMILES string of the molecule is COc1ccc([C@H]2Nc3ccc(S(=O)(=O)Nc4ccc(-c5ccccc5)cc4)cc3[C@H]3C=CC[C@H]32)cc1OC. The summed E-state index contributed by atoms with van der Waals surface area (Å²) in [5.74, 6) is 1.75. The van der Waals surface area contributed by atoms with Crippen LogP contribution in [0.4, 0.5) is 11.4 Å². The van der Waals surface area contributed by atoms with E-state index in [0.29, 0.717) is 17.2 Å². The smallest absolute Gasteiger partial charge is 0.261 e. The highest BCUT2D eigenvalue weighted by Crippen LogP contribution is 2.51. The lowest BCUT2D eigenvalue weighted by Crippen LogP contribution is -2.29. The number of allylic oxidation sites excluding steroid dienone is 2. The second-order valence-electron chi connectivity index (χ2n) is 9.89. The van der Waals surface area contributed by atoms with Gasteiger partial charge in [-0.2, -0.15) is 0 Å². The van der Waals surface area contributed by atoms with Crippen LogP contribution in [-0.4, -0.2) is 22.6 Å². The van der Waals surface area contributed by atoms with Crippen molar-refractivity contribution in [2.24, 2.45) is 5.92 Å². The Balaban J connectivity index is 1.27. The van der Waals surface area contributed by atoms with Crippen molar-refractivity contribution in [1.82, 2.24) is 0 Å². The molecule has 39 heavy (non-hydrogen) atoms. The molecule has 0 fully saturated rings. The van der Waals surface area contributed by atoms with E-state index in [1.807, 2.05) is 60.7 Å². The van der Waals surface area contributed by atoms with Crippen molar-refractivity contribution in [3.05, 3.63) is 114 Å². The largest absolute Gasteiger partial charge is 0.493 e. The first-order valence-electron chi connectivity index (χ1n) is 12.9. The molecule has 0 spiro atoms. The molecule has 4 aromatic rings. The molecule has 0 bridgehead atoms. The summed E-state index contributed by atoms with van der Waals surface area (Å²) in [5, 5.41) is 3.67. The van der Waals surface area contributed by atoms with E-state index in [1.54, 1.807) is 38.5 Å². The number of ether oxygens (including phenoxy) is 2. The number of hydrogen-bond donors (Lipinski definition) is 2. The maximum Gasteiger partial charge on any atom is 0.261 e. The lowest BCUT2D eigenvalue weighted by atomic mass is 9.77. The van der Waals surface area contributed by atoms with Gasteiger partial charge in [0.2, 0.25) is 0 Å². The van der Waals surface area contributed by atoms with Crippen LogP contribution in [0.3, 0.4) is 0 Å². The van der Waals surface area contributed by atoms with Gasteiger partial charge in [-0.05, 0) is 77.1 Å². The first kappa shape index (κ1) is 25.1. The van der Waals surface area contributed by atoms with Crippen LogP contribution in [0.25, 0.3) is 11.1 Å². The molecule has 0 amide bonds. The second kappa shape index (κ2) is 10.2. The van der Waals surface area contributed by atoms with Gasteiger partial charge >= 0.3 is 0 Å². The highest BCUT2D eigenvalue weighted by Gasteiger charge is 2.38. The third-order valence-electron chi connectivity index (χ3n) is 7.66. The molecule has 1 heterocycles. The molecule has 7 heteroatoms. The number of nitrogens with one attached hydrogen (secondary N) is 2. The Labute approximate surface area is 229 Å². The number of anilines is 2. The van der Waals surface area contributed by atoms with Crippen LogP contribution >= 0.6 is 0 Å². The Morgan fingerprint density at radius 2 is 1.56 bits per heavy atom. The van der Waals surface area contributed by atoms with Gasteiger partial charge in [0.05, 0.1) is 25.2 Å². The van der Waals surface area contributed by atoms with Crippen LogP contribution in [-0.2, 0) is 10.0 Å². The number of methoxy groups -OCH3 is 2. The number of fused-ring (bicyclic) bond motifs is 3. The molecule has 2 N–H and O–H groups in total. The zero-order chi connectivity index (χ0) is 27.0. The van der Waals surface area contributed by atoms with Gasteiger partial charge in [-0.1, -0.05) is 60.7 Å². The predicted molar refractivity (Wildman–Crippen MR) is 155 cm³/mol. The Kier molecular flexibility index (Phi) is 6.53. The van der Waals surface area contributed by atoms with E-state index in [0.717, 1.165) is 34.4 Å². The molecule has 198 valence electrons. The lowest BCUT2D eigenvalue weighted by molar-refractivity contribution is 0.353. The molecule has 4 aromatic carbocycles. The van der Waals surface area contributed by atoms with E-state index >= 15 is 0 Å². The van der Waals surface area contributed by atoms with E-state index in [9.17, 15) is 8.42 Å². The molecular formula is C32H30N2O4S. The molecular weight excluding hydrogens is 508 g/mol. The van der Waals surface area contributed by atoms with Crippen molar-refractivity contribution >= 4 is 21.4 Å². The molecule has 0 radical (unpaired) electrons. The Bertz CT molecular complexity index is 1630. The summed E-state index contributed by atoms with van der Waals surface area (Å²) >= 11 is 0. The van der Waals surface area contributed by atoms with Gasteiger partial charge in [0, 0.05) is 17.3 Å². The molecule has 6 rings (SSSR count). The standard InChI is InChI=1S/C32H30N2O4S/c1-37-30-18-13-23(19-31(30)38-2)32-27-10-6-9-26(27)28-20-25(16-17-29(28)33-32)39(35,36)34-24-14-11-22(12-15-24)21-7-4-3-5-8-21/h3-9,11-20,26-27,32-34H,10H2,1-2H3/t26-,27+,32+/m0/s1. The molecule has 0 saturated heterocycles. The lowest BCUT2D eigenvalue weighted by Gasteiger charge is -2.38. The molecule has 1 aliphatic carbocycles. The van der Waals surface area contributed by atoms with Gasteiger partial charge in [-0.15, -0.1) is 0 Å². The quantitative estimate of drug-likeness (QED) is 0.248. The van der Waals surface area contributed by atoms with Gasteiger partial charge < -0.3 is 14.8 Å². The highest BCUT2D eigenvalue weighted by molar-refractivity contribution is 7.92. The molecule has 3 atom stereocenters. The molecule has 1 aliphatic heterocycles. The first-order chi connectivity index (χ1) is 19.0. The van der Waals surface area contributed by atoms with Crippen LogP contribution in [0.5, 0.6) is 11.5 Å². The Morgan fingerprint density at radius 1 is 0.821 bits per heavy atom. The minimum Gasteiger partial charge on any atom is -0.493 e. The van der Waals surface area contributed by atoms with E-state index in [1.165, 1.54) is 0 Å².